The molecule has 0 aliphatic rings. The van der Waals surface area contributed by atoms with Crippen LogP contribution in [0.15, 0.2) is 0 Å². The lowest BCUT2D eigenvalue weighted by atomic mass is 9.91. The second-order valence-electron chi connectivity index (χ2n) is 6.49. The predicted molar refractivity (Wildman–Crippen MR) is 85.1 cm³/mol. The highest BCUT2D eigenvalue weighted by atomic mass is 16.3. The molecular weight excluding hydrogens is 232 g/mol. The van der Waals surface area contributed by atoms with Crippen LogP contribution in [0.5, 0.6) is 0 Å². The van der Waals surface area contributed by atoms with Crippen LogP contribution >= 0.6 is 0 Å². The van der Waals surface area contributed by atoms with Gasteiger partial charge in [0.25, 0.3) is 0 Å². The second-order valence-corrected chi connectivity index (χ2v) is 6.49. The zero-order chi connectivity index (χ0) is 14.4. The van der Waals surface area contributed by atoms with Gasteiger partial charge in [-0.05, 0) is 19.8 Å². The van der Waals surface area contributed by atoms with Crippen molar-refractivity contribution in [3.63, 3.8) is 0 Å². The molecule has 115 valence electrons. The third-order valence-electron chi connectivity index (χ3n) is 4.12. The molecule has 0 aliphatic heterocycles. The molecule has 0 N–H and O–H groups in total. The van der Waals surface area contributed by atoms with Crippen LogP contribution in [0.2, 0.25) is 0 Å². The van der Waals surface area contributed by atoms with Crippen LogP contribution in [-0.4, -0.2) is 5.60 Å². The van der Waals surface area contributed by atoms with Crippen molar-refractivity contribution < 1.29 is 5.11 Å². The first-order valence-electron chi connectivity index (χ1n) is 8.83. The summed E-state index contributed by atoms with van der Waals surface area (Å²) >= 11 is 0. The van der Waals surface area contributed by atoms with E-state index >= 15 is 0 Å². The van der Waals surface area contributed by atoms with Gasteiger partial charge in [0.15, 0.2) is 0 Å². The average molecular weight is 269 g/mol. The molecule has 0 saturated heterocycles. The minimum absolute atomic E-state index is 0.657. The lowest BCUT2D eigenvalue weighted by Crippen LogP contribution is -2.21. The van der Waals surface area contributed by atoms with E-state index in [2.05, 4.69) is 13.8 Å². The van der Waals surface area contributed by atoms with Crippen LogP contribution in [0, 0.1) is 0 Å². The fourth-order valence-electron chi connectivity index (χ4n) is 2.68. The molecule has 0 saturated carbocycles. The summed E-state index contributed by atoms with van der Waals surface area (Å²) in [5, 5.41) is 12.3. The highest BCUT2D eigenvalue weighted by Crippen LogP contribution is 2.23. The summed E-state index contributed by atoms with van der Waals surface area (Å²) in [5.41, 5.74) is -0.657. The SMILES string of the molecule is CCCCCCCCC(C)([O])CCCCCCCC. The molecule has 0 fully saturated rings. The number of rotatable bonds is 14. The predicted octanol–water partition coefficient (Wildman–Crippen LogP) is 6.68. The van der Waals surface area contributed by atoms with E-state index in [1.807, 2.05) is 6.92 Å². The fraction of sp³-hybridized carbons (Fsp3) is 1.00. The van der Waals surface area contributed by atoms with E-state index in [-0.39, 0.29) is 0 Å². The van der Waals surface area contributed by atoms with Crippen molar-refractivity contribution in [3.8, 4) is 0 Å². The molecule has 0 atom stereocenters. The molecule has 0 aliphatic carbocycles. The summed E-state index contributed by atoms with van der Waals surface area (Å²) in [4.78, 5) is 0. The molecule has 0 aromatic heterocycles. The Kier molecular flexibility index (Phi) is 12.9. The molecule has 0 bridgehead atoms. The van der Waals surface area contributed by atoms with Gasteiger partial charge in [0.1, 0.15) is 5.60 Å². The van der Waals surface area contributed by atoms with E-state index in [0.29, 0.717) is 0 Å². The quantitative estimate of drug-likeness (QED) is 0.314. The van der Waals surface area contributed by atoms with Gasteiger partial charge in [-0.25, -0.2) is 5.11 Å². The van der Waals surface area contributed by atoms with E-state index < -0.39 is 5.60 Å². The summed E-state index contributed by atoms with van der Waals surface area (Å²) in [6.07, 6.45) is 17.2. The lowest BCUT2D eigenvalue weighted by Gasteiger charge is -2.20. The van der Waals surface area contributed by atoms with Crippen molar-refractivity contribution in [2.45, 2.75) is 116 Å². The number of hydrogen-bond acceptors (Lipinski definition) is 0. The molecule has 1 nitrogen and oxygen atoms in total. The van der Waals surface area contributed by atoms with Gasteiger partial charge < -0.3 is 0 Å². The molecule has 0 amide bonds. The Bertz CT molecular complexity index is 157. The summed E-state index contributed by atoms with van der Waals surface area (Å²) < 4.78 is 0. The molecular formula is C18H37O. The molecule has 0 aromatic carbocycles. The Morgan fingerprint density at radius 3 is 1.26 bits per heavy atom. The first kappa shape index (κ1) is 19.0. The Labute approximate surface area is 122 Å². The highest BCUT2D eigenvalue weighted by Gasteiger charge is 2.21. The normalized spacial score (nSPS) is 12.0. The van der Waals surface area contributed by atoms with Crippen molar-refractivity contribution in [2.75, 3.05) is 0 Å². The van der Waals surface area contributed by atoms with E-state index in [9.17, 15) is 5.11 Å². The molecule has 1 heteroatoms. The van der Waals surface area contributed by atoms with E-state index in [0.717, 1.165) is 25.7 Å². The molecule has 0 aromatic rings. The molecule has 0 heterocycles. The summed E-state index contributed by atoms with van der Waals surface area (Å²) in [5.74, 6) is 0. The monoisotopic (exact) mass is 269 g/mol. The Hall–Kier alpha value is -0.0400. The largest absolute Gasteiger partial charge is 0.230 e. The minimum Gasteiger partial charge on any atom is -0.230 e. The maximum atomic E-state index is 12.3. The summed E-state index contributed by atoms with van der Waals surface area (Å²) in [6.45, 7) is 6.41. The van der Waals surface area contributed by atoms with E-state index in [1.54, 1.807) is 0 Å². The number of unbranched alkanes of at least 4 members (excludes halogenated alkanes) is 10. The van der Waals surface area contributed by atoms with Crippen molar-refractivity contribution in [1.82, 2.24) is 0 Å². The fourth-order valence-corrected chi connectivity index (χ4v) is 2.68. The van der Waals surface area contributed by atoms with Crippen LogP contribution in [-0.2, 0) is 5.11 Å². The minimum atomic E-state index is -0.657. The van der Waals surface area contributed by atoms with Gasteiger partial charge in [-0.1, -0.05) is 90.9 Å². The maximum absolute atomic E-state index is 12.3. The summed E-state index contributed by atoms with van der Waals surface area (Å²) in [6, 6.07) is 0. The van der Waals surface area contributed by atoms with Crippen molar-refractivity contribution in [2.24, 2.45) is 0 Å². The zero-order valence-corrected chi connectivity index (χ0v) is 13.8. The van der Waals surface area contributed by atoms with Gasteiger partial charge in [0.2, 0.25) is 0 Å². The molecule has 0 rings (SSSR count). The van der Waals surface area contributed by atoms with Crippen LogP contribution in [0.3, 0.4) is 0 Å². The van der Waals surface area contributed by atoms with Crippen molar-refractivity contribution >= 4 is 0 Å². The van der Waals surface area contributed by atoms with Gasteiger partial charge in [0.05, 0.1) is 0 Å². The van der Waals surface area contributed by atoms with Crippen molar-refractivity contribution in [1.29, 1.82) is 0 Å². The van der Waals surface area contributed by atoms with Gasteiger partial charge in [-0.15, -0.1) is 0 Å². The van der Waals surface area contributed by atoms with Crippen molar-refractivity contribution in [3.05, 3.63) is 0 Å². The topological polar surface area (TPSA) is 19.9 Å². The van der Waals surface area contributed by atoms with Gasteiger partial charge in [-0.2, -0.15) is 0 Å². The Morgan fingerprint density at radius 1 is 0.579 bits per heavy atom. The Balaban J connectivity index is 3.36. The van der Waals surface area contributed by atoms with Crippen LogP contribution in [0.25, 0.3) is 0 Å². The van der Waals surface area contributed by atoms with E-state index in [4.69, 9.17) is 0 Å². The first-order chi connectivity index (χ1) is 9.12. The molecule has 1 radical (unpaired) electrons. The van der Waals surface area contributed by atoms with E-state index in [1.165, 1.54) is 64.2 Å². The third kappa shape index (κ3) is 14.2. The summed E-state index contributed by atoms with van der Waals surface area (Å²) in [7, 11) is 0. The maximum Gasteiger partial charge on any atom is 0.101 e. The van der Waals surface area contributed by atoms with Gasteiger partial charge in [-0.3, -0.25) is 0 Å². The van der Waals surface area contributed by atoms with Crippen LogP contribution in [0.4, 0.5) is 0 Å². The second kappa shape index (κ2) is 13.0. The first-order valence-corrected chi connectivity index (χ1v) is 8.83. The third-order valence-corrected chi connectivity index (χ3v) is 4.12. The smallest absolute Gasteiger partial charge is 0.101 e. The van der Waals surface area contributed by atoms with Crippen LogP contribution in [0.1, 0.15) is 111 Å². The molecule has 19 heavy (non-hydrogen) atoms. The van der Waals surface area contributed by atoms with Crippen LogP contribution < -0.4 is 0 Å². The van der Waals surface area contributed by atoms with Gasteiger partial charge >= 0.3 is 0 Å². The highest BCUT2D eigenvalue weighted by molar-refractivity contribution is 4.72. The average Bonchev–Trinajstić information content (AvgIpc) is 2.38. The lowest BCUT2D eigenvalue weighted by molar-refractivity contribution is -0.0310. The molecule has 0 spiro atoms. The number of hydrogen-bond donors (Lipinski definition) is 0. The Morgan fingerprint density at radius 2 is 0.895 bits per heavy atom. The van der Waals surface area contributed by atoms with Gasteiger partial charge in [0, 0.05) is 0 Å². The standard InChI is InChI=1S/C18H37O/c1-4-6-8-10-12-14-16-18(3,19)17-15-13-11-9-7-5-2/h4-17H2,1-3H3. The zero-order valence-electron chi connectivity index (χ0n) is 13.8. The molecule has 0 unspecified atom stereocenters.